The van der Waals surface area contributed by atoms with Crippen LogP contribution in [0.4, 0.5) is 4.39 Å². The first-order chi connectivity index (χ1) is 15.5. The highest BCUT2D eigenvalue weighted by Crippen LogP contribution is 2.12. The van der Waals surface area contributed by atoms with Gasteiger partial charge >= 0.3 is 0 Å². The number of benzene rings is 2. The Morgan fingerprint density at radius 2 is 1.88 bits per heavy atom. The lowest BCUT2D eigenvalue weighted by Gasteiger charge is -2.08. The number of hydrogen-bond acceptors (Lipinski definition) is 5. The van der Waals surface area contributed by atoms with Crippen molar-refractivity contribution in [2.24, 2.45) is 0 Å². The fourth-order valence-electron chi connectivity index (χ4n) is 3.09. The van der Waals surface area contributed by atoms with Gasteiger partial charge in [-0.2, -0.15) is 5.10 Å². The van der Waals surface area contributed by atoms with E-state index in [1.807, 2.05) is 24.3 Å². The molecule has 0 aliphatic heterocycles. The number of nitrogens with one attached hydrogen (secondary N) is 1. The zero-order chi connectivity index (χ0) is 22.5. The lowest BCUT2D eigenvalue weighted by atomic mass is 10.2. The Balaban J connectivity index is 1.34. The molecule has 0 aliphatic carbocycles. The van der Waals surface area contributed by atoms with Crippen molar-refractivity contribution in [3.8, 4) is 5.75 Å². The fourth-order valence-corrected chi connectivity index (χ4v) is 3.36. The van der Waals surface area contributed by atoms with Crippen molar-refractivity contribution in [2.75, 3.05) is 13.2 Å². The van der Waals surface area contributed by atoms with Crippen LogP contribution < -0.4 is 15.6 Å². The lowest BCUT2D eigenvalue weighted by molar-refractivity contribution is -0.123. The van der Waals surface area contributed by atoms with E-state index >= 15 is 0 Å². The number of nitrogens with zero attached hydrogens (tertiary/aromatic N) is 4. The van der Waals surface area contributed by atoms with Gasteiger partial charge in [0.25, 0.3) is 11.5 Å². The number of amides is 1. The van der Waals surface area contributed by atoms with Gasteiger partial charge in [-0.3, -0.25) is 14.2 Å². The van der Waals surface area contributed by atoms with E-state index in [4.69, 9.17) is 4.74 Å². The molecule has 10 heteroatoms. The van der Waals surface area contributed by atoms with E-state index in [0.717, 1.165) is 10.0 Å². The molecule has 0 aliphatic rings. The predicted octanol–water partition coefficient (Wildman–Crippen LogP) is 2.74. The van der Waals surface area contributed by atoms with Crippen LogP contribution >= 0.6 is 15.9 Å². The average molecular weight is 500 g/mol. The average Bonchev–Trinajstić information content (AvgIpc) is 3.20. The molecule has 8 nitrogen and oxygen atoms in total. The summed E-state index contributed by atoms with van der Waals surface area (Å²) in [6, 6.07) is 13.1. The Morgan fingerprint density at radius 3 is 2.62 bits per heavy atom. The first-order valence-corrected chi connectivity index (χ1v) is 10.6. The number of carbonyl (C=O) groups excluding carboxylic acids is 1. The Labute approximate surface area is 190 Å². The first-order valence-electron chi connectivity index (χ1n) is 9.80. The Bertz CT molecular complexity index is 1290. The van der Waals surface area contributed by atoms with E-state index < -0.39 is 0 Å². The van der Waals surface area contributed by atoms with Crippen LogP contribution in [0.5, 0.6) is 5.75 Å². The molecule has 1 amide bonds. The van der Waals surface area contributed by atoms with Gasteiger partial charge in [-0.15, -0.1) is 0 Å². The molecule has 4 rings (SSSR count). The topological polar surface area (TPSA) is 91.0 Å². The second kappa shape index (κ2) is 9.73. The van der Waals surface area contributed by atoms with Gasteiger partial charge in [0.15, 0.2) is 12.3 Å². The third-order valence-corrected chi connectivity index (χ3v) is 5.25. The molecular weight excluding hydrogens is 481 g/mol. The highest BCUT2D eigenvalue weighted by atomic mass is 79.9. The van der Waals surface area contributed by atoms with E-state index in [-0.39, 0.29) is 30.4 Å². The Hall–Kier alpha value is -3.53. The summed E-state index contributed by atoms with van der Waals surface area (Å²) in [5.74, 6) is -0.291. The molecule has 0 fully saturated rings. The molecule has 0 atom stereocenters. The molecule has 0 saturated heterocycles. The molecule has 0 spiro atoms. The van der Waals surface area contributed by atoms with Crippen molar-refractivity contribution in [2.45, 2.75) is 13.1 Å². The molecule has 0 saturated carbocycles. The summed E-state index contributed by atoms with van der Waals surface area (Å²) in [4.78, 5) is 29.1. The smallest absolute Gasteiger partial charge is 0.264 e. The minimum atomic E-state index is -0.373. The molecule has 4 aromatic rings. The van der Waals surface area contributed by atoms with Gasteiger partial charge in [0.2, 0.25) is 0 Å². The molecule has 2 heterocycles. The molecule has 0 radical (unpaired) electrons. The van der Waals surface area contributed by atoms with Gasteiger partial charge < -0.3 is 10.1 Å². The van der Waals surface area contributed by atoms with E-state index in [0.29, 0.717) is 29.9 Å². The maximum absolute atomic E-state index is 12.9. The zero-order valence-electron chi connectivity index (χ0n) is 16.9. The number of fused-ring (bicyclic) bond motifs is 1. The zero-order valence-corrected chi connectivity index (χ0v) is 18.5. The molecule has 2 aromatic heterocycles. The molecular formula is C22H19BrFN5O3. The summed E-state index contributed by atoms with van der Waals surface area (Å²) >= 11 is 3.39. The number of halogens is 2. The molecule has 1 N–H and O–H groups in total. The quantitative estimate of drug-likeness (QED) is 0.402. The van der Waals surface area contributed by atoms with Gasteiger partial charge in [0.1, 0.15) is 23.3 Å². The van der Waals surface area contributed by atoms with Crippen LogP contribution in [0.3, 0.4) is 0 Å². The van der Waals surface area contributed by atoms with Gasteiger partial charge in [0.05, 0.1) is 19.3 Å². The molecule has 0 unspecified atom stereocenters. The normalized spacial score (nSPS) is 10.9. The van der Waals surface area contributed by atoms with Crippen LogP contribution in [0.1, 0.15) is 5.56 Å². The van der Waals surface area contributed by atoms with E-state index in [9.17, 15) is 14.0 Å². The predicted molar refractivity (Wildman–Crippen MR) is 120 cm³/mol. The van der Waals surface area contributed by atoms with Crippen molar-refractivity contribution >= 4 is 32.9 Å². The van der Waals surface area contributed by atoms with Crippen LogP contribution in [-0.4, -0.2) is 38.4 Å². The van der Waals surface area contributed by atoms with Crippen LogP contribution in [0.25, 0.3) is 11.0 Å². The summed E-state index contributed by atoms with van der Waals surface area (Å²) in [7, 11) is 0. The Morgan fingerprint density at radius 1 is 1.12 bits per heavy atom. The van der Waals surface area contributed by atoms with Crippen molar-refractivity contribution in [3.63, 3.8) is 0 Å². The largest absolute Gasteiger partial charge is 0.484 e. The van der Waals surface area contributed by atoms with Gasteiger partial charge in [-0.25, -0.2) is 14.1 Å². The summed E-state index contributed by atoms with van der Waals surface area (Å²) in [5.41, 5.74) is 1.26. The monoisotopic (exact) mass is 499 g/mol. The Kier molecular flexibility index (Phi) is 6.60. The summed E-state index contributed by atoms with van der Waals surface area (Å²) in [6.45, 7) is 0.843. The minimum absolute atomic E-state index is 0.180. The van der Waals surface area contributed by atoms with Crippen molar-refractivity contribution in [3.05, 3.63) is 87.3 Å². The lowest BCUT2D eigenvalue weighted by Crippen LogP contribution is -2.31. The number of hydrogen-bond donors (Lipinski definition) is 1. The number of rotatable bonds is 8. The maximum atomic E-state index is 12.9. The second-order valence-corrected chi connectivity index (χ2v) is 7.92. The van der Waals surface area contributed by atoms with Crippen LogP contribution in [0.2, 0.25) is 0 Å². The van der Waals surface area contributed by atoms with Crippen molar-refractivity contribution in [1.82, 2.24) is 24.6 Å². The summed E-state index contributed by atoms with van der Waals surface area (Å²) in [5, 5.41) is 7.36. The van der Waals surface area contributed by atoms with E-state index in [2.05, 4.69) is 31.3 Å². The minimum Gasteiger partial charge on any atom is -0.484 e. The van der Waals surface area contributed by atoms with E-state index in [1.165, 1.54) is 41.4 Å². The molecule has 2 aromatic carbocycles. The highest BCUT2D eigenvalue weighted by molar-refractivity contribution is 9.10. The first kappa shape index (κ1) is 21.7. The van der Waals surface area contributed by atoms with Crippen LogP contribution in [0, 0.1) is 5.82 Å². The summed E-state index contributed by atoms with van der Waals surface area (Å²) < 4.78 is 22.3. The number of carbonyl (C=O) groups is 1. The van der Waals surface area contributed by atoms with Gasteiger partial charge in [0, 0.05) is 11.0 Å². The molecule has 164 valence electrons. The SMILES string of the molecule is O=C(COc1ccc(F)cc1)NCCn1ncc2c(=O)n(Cc3ccc(Br)cc3)cnc21. The summed E-state index contributed by atoms with van der Waals surface area (Å²) in [6.07, 6.45) is 2.99. The molecule has 0 bridgehead atoms. The van der Waals surface area contributed by atoms with Gasteiger partial charge in [-0.1, -0.05) is 28.1 Å². The number of aromatic nitrogens is 4. The standard InChI is InChI=1S/C22H19BrFN5O3/c23-16-3-1-15(2-4-16)12-28-14-26-21-19(22(28)31)11-27-29(21)10-9-25-20(30)13-32-18-7-5-17(24)6-8-18/h1-8,11,14H,9-10,12-13H2,(H,25,30). The maximum Gasteiger partial charge on any atom is 0.264 e. The van der Waals surface area contributed by atoms with Crippen LogP contribution in [0.15, 0.2) is 70.3 Å². The fraction of sp³-hybridized carbons (Fsp3) is 0.182. The third kappa shape index (κ3) is 5.20. The number of ether oxygens (including phenoxy) is 1. The second-order valence-electron chi connectivity index (χ2n) is 7.00. The van der Waals surface area contributed by atoms with Crippen molar-refractivity contribution < 1.29 is 13.9 Å². The third-order valence-electron chi connectivity index (χ3n) is 4.72. The highest BCUT2D eigenvalue weighted by Gasteiger charge is 2.11. The van der Waals surface area contributed by atoms with Crippen molar-refractivity contribution in [1.29, 1.82) is 0 Å². The van der Waals surface area contributed by atoms with Crippen LogP contribution in [-0.2, 0) is 17.9 Å². The van der Waals surface area contributed by atoms with E-state index in [1.54, 1.807) is 4.68 Å². The molecule has 32 heavy (non-hydrogen) atoms. The van der Waals surface area contributed by atoms with Gasteiger partial charge in [-0.05, 0) is 42.0 Å².